The van der Waals surface area contributed by atoms with Gasteiger partial charge in [-0.1, -0.05) is 6.07 Å². The lowest BCUT2D eigenvalue weighted by atomic mass is 10.2. The molecule has 0 saturated carbocycles. The molecule has 0 aliphatic rings. The van der Waals surface area contributed by atoms with Crippen molar-refractivity contribution in [3.8, 4) is 5.69 Å². The van der Waals surface area contributed by atoms with Crippen LogP contribution in [0.5, 0.6) is 0 Å². The molecule has 0 aliphatic carbocycles. The summed E-state index contributed by atoms with van der Waals surface area (Å²) in [5, 5.41) is 0. The van der Waals surface area contributed by atoms with Gasteiger partial charge in [-0.3, -0.25) is 0 Å². The van der Waals surface area contributed by atoms with Crippen LogP contribution in [0.25, 0.3) is 16.9 Å². The molecule has 2 aromatic heterocycles. The first-order valence-electron chi connectivity index (χ1n) is 5.63. The fourth-order valence-electron chi connectivity index (χ4n) is 1.94. The molecule has 3 rings (SSSR count). The number of H-pyrrole nitrogens is 1. The predicted octanol–water partition coefficient (Wildman–Crippen LogP) is -0.0501. The van der Waals surface area contributed by atoms with Crippen LogP contribution in [-0.2, 0) is 6.54 Å². The Morgan fingerprint density at radius 3 is 3.05 bits per heavy atom. The van der Waals surface area contributed by atoms with E-state index in [1.165, 1.54) is 10.9 Å². The van der Waals surface area contributed by atoms with Crippen LogP contribution < -0.4 is 17.2 Å². The van der Waals surface area contributed by atoms with Crippen molar-refractivity contribution in [1.82, 2.24) is 19.5 Å². The third-order valence-corrected chi connectivity index (χ3v) is 2.83. The summed E-state index contributed by atoms with van der Waals surface area (Å²) in [6, 6.07) is 8.25. The van der Waals surface area contributed by atoms with Crippen LogP contribution in [0.3, 0.4) is 0 Å². The predicted molar refractivity (Wildman–Crippen MR) is 70.6 cm³/mol. The van der Waals surface area contributed by atoms with Gasteiger partial charge in [-0.2, -0.15) is 0 Å². The highest BCUT2D eigenvalue weighted by molar-refractivity contribution is 5.82. The summed E-state index contributed by atoms with van der Waals surface area (Å²) < 4.78 is 1.43. The minimum Gasteiger partial charge on any atom is -0.382 e. The monoisotopic (exact) mass is 255 g/mol. The number of aromatic amines is 1. The van der Waals surface area contributed by atoms with Crippen LogP contribution in [0.4, 0.5) is 5.82 Å². The fraction of sp³-hybridized carbons (Fsp3) is 0.0833. The van der Waals surface area contributed by atoms with Gasteiger partial charge in [0.15, 0.2) is 11.5 Å². The van der Waals surface area contributed by atoms with E-state index in [0.29, 0.717) is 23.4 Å². The second-order valence-corrected chi connectivity index (χ2v) is 4.00. The number of nitrogens with one attached hydrogen (secondary N) is 1. The number of hydrogen-bond acceptors (Lipinski definition) is 5. The molecule has 2 heterocycles. The third-order valence-electron chi connectivity index (χ3n) is 2.83. The van der Waals surface area contributed by atoms with Gasteiger partial charge in [-0.15, -0.1) is 0 Å². The number of aromatic nitrogens is 4. The zero-order chi connectivity index (χ0) is 13.4. The number of anilines is 1. The number of nitrogen functional groups attached to an aromatic ring is 1. The van der Waals surface area contributed by atoms with Gasteiger partial charge in [0, 0.05) is 6.54 Å². The molecule has 19 heavy (non-hydrogen) atoms. The van der Waals surface area contributed by atoms with E-state index in [2.05, 4.69) is 21.0 Å². The summed E-state index contributed by atoms with van der Waals surface area (Å²) in [5.74, 6) is 0.238. The Morgan fingerprint density at radius 1 is 1.42 bits per heavy atom. The summed E-state index contributed by atoms with van der Waals surface area (Å²) in [4.78, 5) is 22.6. The van der Waals surface area contributed by atoms with Gasteiger partial charge in [0.1, 0.15) is 11.8 Å². The van der Waals surface area contributed by atoms with Crippen molar-refractivity contribution >= 4 is 17.0 Å². The lowest BCUT2D eigenvalue weighted by Crippen LogP contribution is -2.15. The lowest BCUT2D eigenvalue weighted by molar-refractivity contribution is 0.983. The smallest absolute Gasteiger partial charge is 0.332 e. The van der Waals surface area contributed by atoms with Crippen LogP contribution in [0, 0.1) is 6.07 Å². The molecule has 0 aliphatic heterocycles. The van der Waals surface area contributed by atoms with Crippen molar-refractivity contribution in [2.24, 2.45) is 5.73 Å². The second-order valence-electron chi connectivity index (χ2n) is 4.00. The van der Waals surface area contributed by atoms with E-state index in [1.54, 1.807) is 18.2 Å². The maximum atomic E-state index is 12.0. The van der Waals surface area contributed by atoms with Crippen molar-refractivity contribution in [2.75, 3.05) is 5.73 Å². The molecule has 0 amide bonds. The van der Waals surface area contributed by atoms with Crippen molar-refractivity contribution in [3.63, 3.8) is 0 Å². The summed E-state index contributed by atoms with van der Waals surface area (Å²) in [7, 11) is 0. The number of imidazole rings is 1. The SMILES string of the molecule is NCc1[c]ccc(-n2c(=O)[nH]c3c(N)ncnc32)c1. The summed E-state index contributed by atoms with van der Waals surface area (Å²) in [5.41, 5.74) is 13.3. The molecule has 7 nitrogen and oxygen atoms in total. The standard InChI is InChI=1S/C12H11N6O/c13-5-7-2-1-3-8(4-7)18-11-9(17-12(18)19)10(14)15-6-16-11/h1,3-4,6H,5,13H2,(H,17,19)(H2,14,15,16). The van der Waals surface area contributed by atoms with Gasteiger partial charge in [0.25, 0.3) is 0 Å². The van der Waals surface area contributed by atoms with Crippen molar-refractivity contribution in [3.05, 3.63) is 46.6 Å². The molecule has 0 bridgehead atoms. The first kappa shape index (κ1) is 11.4. The Morgan fingerprint density at radius 2 is 2.26 bits per heavy atom. The topological polar surface area (TPSA) is 116 Å². The first-order valence-corrected chi connectivity index (χ1v) is 5.63. The normalized spacial score (nSPS) is 11.0. The third kappa shape index (κ3) is 1.76. The van der Waals surface area contributed by atoms with Crippen molar-refractivity contribution < 1.29 is 0 Å². The number of hydrogen-bond donors (Lipinski definition) is 3. The minimum absolute atomic E-state index is 0.238. The minimum atomic E-state index is -0.323. The zero-order valence-electron chi connectivity index (χ0n) is 9.92. The highest BCUT2D eigenvalue weighted by Crippen LogP contribution is 2.16. The Labute approximate surface area is 107 Å². The van der Waals surface area contributed by atoms with E-state index in [-0.39, 0.29) is 11.5 Å². The molecular weight excluding hydrogens is 244 g/mol. The maximum Gasteiger partial charge on any atom is 0.332 e. The van der Waals surface area contributed by atoms with Gasteiger partial charge >= 0.3 is 5.69 Å². The number of rotatable bonds is 2. The average Bonchev–Trinajstić information content (AvgIpc) is 2.77. The molecule has 0 fully saturated rings. The molecule has 95 valence electrons. The molecule has 0 saturated heterocycles. The highest BCUT2D eigenvalue weighted by Gasteiger charge is 2.12. The molecule has 5 N–H and O–H groups in total. The molecule has 1 aromatic carbocycles. The molecule has 1 radical (unpaired) electrons. The van der Waals surface area contributed by atoms with Gasteiger partial charge in [0.2, 0.25) is 0 Å². The Kier molecular flexibility index (Phi) is 2.53. The lowest BCUT2D eigenvalue weighted by Gasteiger charge is -2.04. The van der Waals surface area contributed by atoms with E-state index in [0.717, 1.165) is 5.56 Å². The Balaban J connectivity index is 2.33. The number of nitrogens with two attached hydrogens (primary N) is 2. The quantitative estimate of drug-likeness (QED) is 0.593. The number of benzene rings is 1. The van der Waals surface area contributed by atoms with E-state index < -0.39 is 0 Å². The van der Waals surface area contributed by atoms with Crippen LogP contribution in [0.1, 0.15) is 5.56 Å². The average molecular weight is 255 g/mol. The van der Waals surface area contributed by atoms with Gasteiger partial charge in [-0.25, -0.2) is 19.3 Å². The van der Waals surface area contributed by atoms with Crippen molar-refractivity contribution in [1.29, 1.82) is 0 Å². The van der Waals surface area contributed by atoms with Crippen LogP contribution >= 0.6 is 0 Å². The maximum absolute atomic E-state index is 12.0. The van der Waals surface area contributed by atoms with Crippen LogP contribution in [0.15, 0.2) is 29.3 Å². The van der Waals surface area contributed by atoms with Gasteiger partial charge < -0.3 is 16.5 Å². The molecule has 0 unspecified atom stereocenters. The van der Waals surface area contributed by atoms with Crippen LogP contribution in [0.2, 0.25) is 0 Å². The van der Waals surface area contributed by atoms with Gasteiger partial charge in [-0.05, 0) is 23.8 Å². The van der Waals surface area contributed by atoms with Gasteiger partial charge in [0.05, 0.1) is 5.69 Å². The Hall–Kier alpha value is -2.67. The first-order chi connectivity index (χ1) is 9.20. The summed E-state index contributed by atoms with van der Waals surface area (Å²) in [6.45, 7) is 0.349. The summed E-state index contributed by atoms with van der Waals surface area (Å²) >= 11 is 0. The number of fused-ring (bicyclic) bond motifs is 1. The zero-order valence-corrected chi connectivity index (χ0v) is 9.92. The van der Waals surface area contributed by atoms with E-state index in [4.69, 9.17) is 11.5 Å². The van der Waals surface area contributed by atoms with Crippen molar-refractivity contribution in [2.45, 2.75) is 6.54 Å². The highest BCUT2D eigenvalue weighted by atomic mass is 16.1. The fourth-order valence-corrected chi connectivity index (χ4v) is 1.94. The second kappa shape index (κ2) is 4.21. The molecule has 3 aromatic rings. The molecule has 0 spiro atoms. The molecule has 0 atom stereocenters. The summed E-state index contributed by atoms with van der Waals surface area (Å²) in [6.07, 6.45) is 1.32. The Bertz CT molecular complexity index is 803. The molecule has 7 heteroatoms. The van der Waals surface area contributed by atoms with Crippen LogP contribution in [-0.4, -0.2) is 19.5 Å². The van der Waals surface area contributed by atoms with E-state index in [1.807, 2.05) is 0 Å². The molecular formula is C12H11N6O. The number of nitrogens with zero attached hydrogens (tertiary/aromatic N) is 3. The van der Waals surface area contributed by atoms with E-state index >= 15 is 0 Å². The largest absolute Gasteiger partial charge is 0.382 e. The van der Waals surface area contributed by atoms with E-state index in [9.17, 15) is 4.79 Å².